The van der Waals surface area contributed by atoms with Crippen LogP contribution in [0.3, 0.4) is 0 Å². The average molecular weight is 434 g/mol. The molecule has 0 aromatic carbocycles. The number of hydrogen-bond acceptors (Lipinski definition) is 6. The van der Waals surface area contributed by atoms with Crippen molar-refractivity contribution in [2.45, 2.75) is 37.5 Å². The van der Waals surface area contributed by atoms with Crippen LogP contribution >= 0.6 is 0 Å². The van der Waals surface area contributed by atoms with Crippen LogP contribution in [0.1, 0.15) is 12.8 Å². The predicted octanol–water partition coefficient (Wildman–Crippen LogP) is 3.01. The molecule has 0 fully saturated rings. The first-order chi connectivity index (χ1) is 12.4. The van der Waals surface area contributed by atoms with E-state index >= 15 is 0 Å². The fourth-order valence-electron chi connectivity index (χ4n) is 1.26. The zero-order valence-corrected chi connectivity index (χ0v) is 13.5. The Balaban J connectivity index is 4.96. The van der Waals surface area contributed by atoms with E-state index in [1.807, 2.05) is 0 Å². The number of alkyl halides is 9. The number of carbonyl (C=O) groups is 3. The average Bonchev–Trinajstić information content (AvgIpc) is 2.44. The molecule has 0 saturated heterocycles. The van der Waals surface area contributed by atoms with Crippen LogP contribution in [0.25, 0.3) is 0 Å². The second-order valence-corrected chi connectivity index (χ2v) is 4.95. The molecule has 0 aliphatic carbocycles. The summed E-state index contributed by atoms with van der Waals surface area (Å²) in [6.07, 6.45) is -21.6. The van der Waals surface area contributed by atoms with Crippen molar-refractivity contribution >= 4 is 17.9 Å². The molecule has 0 aliphatic rings. The molecule has 0 aliphatic heterocycles. The molecule has 6 nitrogen and oxygen atoms in total. The van der Waals surface area contributed by atoms with Crippen molar-refractivity contribution in [2.24, 2.45) is 0 Å². The summed E-state index contributed by atoms with van der Waals surface area (Å²) in [6.45, 7) is -0.303. The third kappa shape index (κ3) is 12.0. The first-order valence-electron chi connectivity index (χ1n) is 6.82. The van der Waals surface area contributed by atoms with E-state index in [1.165, 1.54) is 0 Å². The largest absolute Gasteiger partial charge is 0.461 e. The molecule has 162 valence electrons. The number of ether oxygens (including phenoxy) is 3. The molecule has 0 heterocycles. The summed E-state index contributed by atoms with van der Waals surface area (Å²) in [7, 11) is 0. The minimum Gasteiger partial charge on any atom is -0.461 e. The fourth-order valence-corrected chi connectivity index (χ4v) is 1.26. The first kappa shape index (κ1) is 25.5. The van der Waals surface area contributed by atoms with Crippen LogP contribution in [-0.4, -0.2) is 55.8 Å². The van der Waals surface area contributed by atoms with Crippen LogP contribution in [0.4, 0.5) is 39.5 Å². The van der Waals surface area contributed by atoms with Crippen LogP contribution in [-0.2, 0) is 28.6 Å². The molecule has 0 rings (SSSR count). The maximum Gasteiger partial charge on any atom is 0.422 e. The molecule has 0 bridgehead atoms. The maximum absolute atomic E-state index is 12.3. The van der Waals surface area contributed by atoms with Crippen LogP contribution in [0.15, 0.2) is 12.2 Å². The lowest BCUT2D eigenvalue weighted by Gasteiger charge is -2.19. The minimum atomic E-state index is -5.26. The molecular formula is C13H11F9O6. The van der Waals surface area contributed by atoms with Gasteiger partial charge in [-0.15, -0.1) is 0 Å². The Morgan fingerprint density at radius 1 is 0.750 bits per heavy atom. The van der Waals surface area contributed by atoms with Gasteiger partial charge >= 0.3 is 36.4 Å². The Labute approximate surface area is 150 Å². The first-order valence-corrected chi connectivity index (χ1v) is 6.82. The maximum atomic E-state index is 12.3. The van der Waals surface area contributed by atoms with Gasteiger partial charge in [0.1, 0.15) is 31.6 Å². The lowest BCUT2D eigenvalue weighted by molar-refractivity contribution is -0.183. The Kier molecular flexibility index (Phi) is 8.78. The van der Waals surface area contributed by atoms with Crippen molar-refractivity contribution in [3.8, 4) is 0 Å². The van der Waals surface area contributed by atoms with Gasteiger partial charge in [-0.1, -0.05) is 6.58 Å². The van der Waals surface area contributed by atoms with E-state index in [1.54, 1.807) is 0 Å². The van der Waals surface area contributed by atoms with Crippen molar-refractivity contribution < 1.29 is 68.1 Å². The molecule has 0 unspecified atom stereocenters. The van der Waals surface area contributed by atoms with E-state index in [9.17, 15) is 53.9 Å². The van der Waals surface area contributed by atoms with Crippen molar-refractivity contribution in [2.75, 3.05) is 13.2 Å². The number of carbonyl (C=O) groups excluding carboxylic acids is 3. The molecule has 0 saturated carbocycles. The van der Waals surface area contributed by atoms with Crippen molar-refractivity contribution in [3.63, 3.8) is 0 Å². The van der Waals surface area contributed by atoms with Crippen molar-refractivity contribution in [1.82, 2.24) is 0 Å². The Hall–Kier alpha value is -2.48. The lowest BCUT2D eigenvalue weighted by Crippen LogP contribution is -2.34. The Morgan fingerprint density at radius 3 is 1.39 bits per heavy atom. The number of rotatable bonds is 8. The van der Waals surface area contributed by atoms with Gasteiger partial charge in [-0.3, -0.25) is 9.59 Å². The molecule has 0 radical (unpaired) electrons. The van der Waals surface area contributed by atoms with E-state index in [-0.39, 0.29) is 0 Å². The lowest BCUT2D eigenvalue weighted by atomic mass is 10.3. The zero-order valence-electron chi connectivity index (χ0n) is 13.5. The molecule has 28 heavy (non-hydrogen) atoms. The molecule has 0 amide bonds. The standard InChI is InChI=1S/C13H11F9O6/c1-6(13(20,21)22)10(25)28-7(4-26-8(23)2-11(14,15)16)5-27-9(24)3-12(17,18)19/h7H,1-5H2. The van der Waals surface area contributed by atoms with Gasteiger partial charge in [0.25, 0.3) is 0 Å². The van der Waals surface area contributed by atoms with E-state index in [0.29, 0.717) is 0 Å². The molecular weight excluding hydrogens is 423 g/mol. The number of halogens is 9. The highest BCUT2D eigenvalue weighted by molar-refractivity contribution is 5.89. The smallest absolute Gasteiger partial charge is 0.422 e. The van der Waals surface area contributed by atoms with Gasteiger partial charge in [0, 0.05) is 0 Å². The summed E-state index contributed by atoms with van der Waals surface area (Å²) in [4.78, 5) is 33.1. The molecule has 0 atom stereocenters. The number of esters is 3. The number of hydrogen-bond donors (Lipinski definition) is 0. The van der Waals surface area contributed by atoms with Crippen molar-refractivity contribution in [1.29, 1.82) is 0 Å². The summed E-state index contributed by atoms with van der Waals surface area (Å²) in [5, 5.41) is 0. The summed E-state index contributed by atoms with van der Waals surface area (Å²) in [5.41, 5.74) is -2.07. The van der Waals surface area contributed by atoms with E-state index in [4.69, 9.17) is 0 Å². The topological polar surface area (TPSA) is 78.9 Å². The Morgan fingerprint density at radius 2 is 1.11 bits per heavy atom. The van der Waals surface area contributed by atoms with Gasteiger partial charge in [0.15, 0.2) is 6.10 Å². The fraction of sp³-hybridized carbons (Fsp3) is 0.615. The van der Waals surface area contributed by atoms with Gasteiger partial charge < -0.3 is 14.2 Å². The molecule has 0 aromatic rings. The molecule has 0 N–H and O–H groups in total. The summed E-state index contributed by atoms with van der Waals surface area (Å²) in [6, 6.07) is 0. The SMILES string of the molecule is C=C(C(=O)OC(COC(=O)CC(F)(F)F)COC(=O)CC(F)(F)F)C(F)(F)F. The van der Waals surface area contributed by atoms with E-state index < -0.39 is 74.2 Å². The van der Waals surface area contributed by atoms with Gasteiger partial charge in [-0.05, 0) is 0 Å². The van der Waals surface area contributed by atoms with Crippen LogP contribution < -0.4 is 0 Å². The second kappa shape index (κ2) is 9.64. The molecule has 15 heteroatoms. The molecule has 0 spiro atoms. The van der Waals surface area contributed by atoms with Gasteiger partial charge in [0.05, 0.1) is 0 Å². The van der Waals surface area contributed by atoms with Gasteiger partial charge in [-0.2, -0.15) is 39.5 Å². The summed E-state index contributed by atoms with van der Waals surface area (Å²) >= 11 is 0. The third-order valence-corrected chi connectivity index (χ3v) is 2.41. The highest BCUT2D eigenvalue weighted by atomic mass is 19.4. The Bertz CT molecular complexity index is 559. The van der Waals surface area contributed by atoms with Crippen molar-refractivity contribution in [3.05, 3.63) is 12.2 Å². The van der Waals surface area contributed by atoms with Crippen LogP contribution in [0, 0.1) is 0 Å². The van der Waals surface area contributed by atoms with Gasteiger partial charge in [-0.25, -0.2) is 4.79 Å². The van der Waals surface area contributed by atoms with E-state index in [0.717, 1.165) is 0 Å². The predicted molar refractivity (Wildman–Crippen MR) is 68.3 cm³/mol. The highest BCUT2D eigenvalue weighted by Gasteiger charge is 2.39. The van der Waals surface area contributed by atoms with Crippen LogP contribution in [0.2, 0.25) is 0 Å². The highest BCUT2D eigenvalue weighted by Crippen LogP contribution is 2.25. The third-order valence-electron chi connectivity index (χ3n) is 2.41. The quantitative estimate of drug-likeness (QED) is 0.253. The second-order valence-electron chi connectivity index (χ2n) is 4.95. The summed E-state index contributed by atoms with van der Waals surface area (Å²) in [5.74, 6) is -6.02. The monoisotopic (exact) mass is 434 g/mol. The van der Waals surface area contributed by atoms with Crippen LogP contribution in [0.5, 0.6) is 0 Å². The minimum absolute atomic E-state index is 1.33. The molecule has 0 aromatic heterocycles. The van der Waals surface area contributed by atoms with E-state index in [2.05, 4.69) is 20.8 Å². The normalized spacial score (nSPS) is 12.5. The summed E-state index contributed by atoms with van der Waals surface area (Å²) < 4.78 is 121. The zero-order chi connectivity index (χ0) is 22.3. The van der Waals surface area contributed by atoms with Gasteiger partial charge in [0.2, 0.25) is 0 Å².